The fourth-order valence-electron chi connectivity index (χ4n) is 2.27. The smallest absolute Gasteiger partial charge is 0.258 e. The standard InChI is InChI=1S/C16H15N3O2/c1-9-7-12(8-10(2)17-9)15-18-16(21-19-15)13-5-4-6-14(20)11(13)3/h4-8,20H,1-3H3. The van der Waals surface area contributed by atoms with Gasteiger partial charge in [0.25, 0.3) is 5.89 Å². The molecule has 0 atom stereocenters. The van der Waals surface area contributed by atoms with Gasteiger partial charge in [-0.25, -0.2) is 0 Å². The third kappa shape index (κ3) is 2.50. The fourth-order valence-corrected chi connectivity index (χ4v) is 2.27. The first-order chi connectivity index (χ1) is 10.0. The summed E-state index contributed by atoms with van der Waals surface area (Å²) >= 11 is 0. The van der Waals surface area contributed by atoms with Gasteiger partial charge in [-0.15, -0.1) is 0 Å². The number of nitrogens with zero attached hydrogens (tertiary/aromatic N) is 3. The Morgan fingerprint density at radius 3 is 2.43 bits per heavy atom. The van der Waals surface area contributed by atoms with Crippen LogP contribution in [0.5, 0.6) is 5.75 Å². The van der Waals surface area contributed by atoms with Crippen molar-refractivity contribution < 1.29 is 9.63 Å². The minimum absolute atomic E-state index is 0.211. The summed E-state index contributed by atoms with van der Waals surface area (Å²) in [5.74, 6) is 1.12. The zero-order chi connectivity index (χ0) is 15.0. The number of pyridine rings is 1. The van der Waals surface area contributed by atoms with E-state index in [4.69, 9.17) is 4.52 Å². The Morgan fingerprint density at radius 1 is 1.00 bits per heavy atom. The van der Waals surface area contributed by atoms with Gasteiger partial charge in [0.15, 0.2) is 0 Å². The maximum Gasteiger partial charge on any atom is 0.258 e. The lowest BCUT2D eigenvalue weighted by Gasteiger charge is -2.02. The Labute approximate surface area is 122 Å². The molecule has 0 bridgehead atoms. The first-order valence-electron chi connectivity index (χ1n) is 6.63. The number of aromatic nitrogens is 3. The lowest BCUT2D eigenvalue weighted by molar-refractivity contribution is 0.431. The van der Waals surface area contributed by atoms with Crippen molar-refractivity contribution in [3.63, 3.8) is 0 Å². The van der Waals surface area contributed by atoms with Crippen molar-refractivity contribution in [2.45, 2.75) is 20.8 Å². The molecule has 5 heteroatoms. The molecule has 106 valence electrons. The van der Waals surface area contributed by atoms with Crippen LogP contribution < -0.4 is 0 Å². The van der Waals surface area contributed by atoms with Gasteiger partial charge in [-0.05, 0) is 45.0 Å². The van der Waals surface area contributed by atoms with Crippen LogP contribution in [0.2, 0.25) is 0 Å². The molecule has 0 amide bonds. The number of benzene rings is 1. The van der Waals surface area contributed by atoms with Crippen molar-refractivity contribution in [3.05, 3.63) is 47.3 Å². The molecule has 2 aromatic heterocycles. The first-order valence-corrected chi connectivity index (χ1v) is 6.63. The molecule has 2 heterocycles. The molecule has 0 radical (unpaired) electrons. The molecule has 0 saturated carbocycles. The third-order valence-corrected chi connectivity index (χ3v) is 3.30. The second-order valence-electron chi connectivity index (χ2n) is 5.01. The quantitative estimate of drug-likeness (QED) is 0.779. The van der Waals surface area contributed by atoms with Gasteiger partial charge >= 0.3 is 0 Å². The topological polar surface area (TPSA) is 72.0 Å². The van der Waals surface area contributed by atoms with Crippen LogP contribution in [0.15, 0.2) is 34.9 Å². The van der Waals surface area contributed by atoms with Gasteiger partial charge < -0.3 is 9.63 Å². The Morgan fingerprint density at radius 2 is 1.71 bits per heavy atom. The summed E-state index contributed by atoms with van der Waals surface area (Å²) in [6.07, 6.45) is 0. The predicted octanol–water partition coefficient (Wildman–Crippen LogP) is 3.43. The normalized spacial score (nSPS) is 10.8. The maximum atomic E-state index is 9.76. The summed E-state index contributed by atoms with van der Waals surface area (Å²) in [6, 6.07) is 9.05. The molecule has 5 nitrogen and oxygen atoms in total. The number of phenolic OH excluding ortho intramolecular Hbond substituents is 1. The second-order valence-corrected chi connectivity index (χ2v) is 5.01. The monoisotopic (exact) mass is 281 g/mol. The third-order valence-electron chi connectivity index (χ3n) is 3.30. The van der Waals surface area contributed by atoms with Crippen LogP contribution in [0, 0.1) is 20.8 Å². The van der Waals surface area contributed by atoms with Crippen LogP contribution in [0.25, 0.3) is 22.8 Å². The average molecular weight is 281 g/mol. The van der Waals surface area contributed by atoms with Crippen LogP contribution in [0.3, 0.4) is 0 Å². The van der Waals surface area contributed by atoms with E-state index in [-0.39, 0.29) is 5.75 Å². The summed E-state index contributed by atoms with van der Waals surface area (Å²) in [4.78, 5) is 8.75. The zero-order valence-electron chi connectivity index (χ0n) is 12.1. The molecule has 0 saturated heterocycles. The number of rotatable bonds is 2. The minimum atomic E-state index is 0.211. The van der Waals surface area contributed by atoms with Crippen molar-refractivity contribution in [2.24, 2.45) is 0 Å². The molecule has 1 aromatic carbocycles. The largest absolute Gasteiger partial charge is 0.508 e. The van der Waals surface area contributed by atoms with E-state index in [1.165, 1.54) is 0 Å². The predicted molar refractivity (Wildman–Crippen MR) is 78.8 cm³/mol. The number of aromatic hydroxyl groups is 1. The van der Waals surface area contributed by atoms with Gasteiger partial charge in [0.1, 0.15) is 5.75 Å². The molecule has 0 unspecified atom stereocenters. The van der Waals surface area contributed by atoms with Crippen molar-refractivity contribution in [3.8, 4) is 28.6 Å². The number of hydrogen-bond acceptors (Lipinski definition) is 5. The van der Waals surface area contributed by atoms with Crippen LogP contribution in [-0.2, 0) is 0 Å². The van der Waals surface area contributed by atoms with Crippen molar-refractivity contribution >= 4 is 0 Å². The highest BCUT2D eigenvalue weighted by atomic mass is 16.5. The second kappa shape index (κ2) is 5.01. The lowest BCUT2D eigenvalue weighted by atomic mass is 10.1. The van der Waals surface area contributed by atoms with Gasteiger partial charge in [0, 0.05) is 28.1 Å². The highest BCUT2D eigenvalue weighted by Gasteiger charge is 2.14. The molecular weight excluding hydrogens is 266 g/mol. The van der Waals surface area contributed by atoms with Crippen LogP contribution in [-0.4, -0.2) is 20.2 Å². The summed E-state index contributed by atoms with van der Waals surface area (Å²) in [6.45, 7) is 5.67. The van der Waals surface area contributed by atoms with E-state index in [0.717, 1.165) is 28.1 Å². The molecule has 21 heavy (non-hydrogen) atoms. The molecule has 0 fully saturated rings. The Kier molecular flexibility index (Phi) is 3.17. The zero-order valence-corrected chi connectivity index (χ0v) is 12.1. The van der Waals surface area contributed by atoms with Crippen LogP contribution in [0.1, 0.15) is 17.0 Å². The molecule has 0 aliphatic rings. The molecular formula is C16H15N3O2. The van der Waals surface area contributed by atoms with E-state index < -0.39 is 0 Å². The highest BCUT2D eigenvalue weighted by Crippen LogP contribution is 2.29. The Balaban J connectivity index is 2.06. The average Bonchev–Trinajstić information content (AvgIpc) is 2.90. The highest BCUT2D eigenvalue weighted by molar-refractivity contribution is 5.64. The molecule has 3 rings (SSSR count). The molecule has 0 aliphatic heterocycles. The van der Waals surface area contributed by atoms with Gasteiger partial charge in [0.05, 0.1) is 0 Å². The molecule has 3 aromatic rings. The van der Waals surface area contributed by atoms with Gasteiger partial charge in [-0.1, -0.05) is 11.2 Å². The summed E-state index contributed by atoms with van der Waals surface area (Å²) in [5, 5.41) is 13.8. The van der Waals surface area contributed by atoms with Crippen LogP contribution in [0.4, 0.5) is 0 Å². The van der Waals surface area contributed by atoms with Crippen molar-refractivity contribution in [1.29, 1.82) is 0 Å². The fraction of sp³-hybridized carbons (Fsp3) is 0.188. The molecule has 0 aliphatic carbocycles. The molecule has 1 N–H and O–H groups in total. The first kappa shape index (κ1) is 13.3. The van der Waals surface area contributed by atoms with E-state index in [9.17, 15) is 5.11 Å². The van der Waals surface area contributed by atoms with E-state index in [2.05, 4.69) is 15.1 Å². The summed E-state index contributed by atoms with van der Waals surface area (Å²) < 4.78 is 5.33. The van der Waals surface area contributed by atoms with E-state index in [0.29, 0.717) is 11.7 Å². The summed E-state index contributed by atoms with van der Waals surface area (Å²) in [7, 11) is 0. The van der Waals surface area contributed by atoms with Crippen LogP contribution >= 0.6 is 0 Å². The Hall–Kier alpha value is -2.69. The van der Waals surface area contributed by atoms with Crippen molar-refractivity contribution in [2.75, 3.05) is 0 Å². The van der Waals surface area contributed by atoms with Gasteiger partial charge in [-0.3, -0.25) is 4.98 Å². The lowest BCUT2D eigenvalue weighted by Crippen LogP contribution is -1.89. The number of aryl methyl sites for hydroxylation is 2. The SMILES string of the molecule is Cc1cc(-c2noc(-c3cccc(O)c3C)n2)cc(C)n1. The molecule has 0 spiro atoms. The number of hydrogen-bond donors (Lipinski definition) is 1. The maximum absolute atomic E-state index is 9.76. The van der Waals surface area contributed by atoms with Gasteiger partial charge in [-0.2, -0.15) is 4.98 Å². The Bertz CT molecular complexity index is 789. The minimum Gasteiger partial charge on any atom is -0.508 e. The van der Waals surface area contributed by atoms with Crippen molar-refractivity contribution in [1.82, 2.24) is 15.1 Å². The van der Waals surface area contributed by atoms with E-state index in [1.54, 1.807) is 12.1 Å². The van der Waals surface area contributed by atoms with E-state index in [1.807, 2.05) is 39.0 Å². The summed E-state index contributed by atoms with van der Waals surface area (Å²) in [5.41, 5.74) is 4.13. The van der Waals surface area contributed by atoms with E-state index >= 15 is 0 Å². The number of phenols is 1. The van der Waals surface area contributed by atoms with Gasteiger partial charge in [0.2, 0.25) is 5.82 Å².